The average Bonchev–Trinajstić information content (AvgIpc) is 2.09. The minimum atomic E-state index is -0.371. The summed E-state index contributed by atoms with van der Waals surface area (Å²) < 4.78 is 13.6. The SMILES string of the molecule is CSc1ccc(Br)c(F)c1CO. The van der Waals surface area contributed by atoms with E-state index in [1.54, 1.807) is 12.1 Å². The zero-order valence-electron chi connectivity index (χ0n) is 6.47. The number of aliphatic hydroxyl groups excluding tert-OH is 1. The summed E-state index contributed by atoms with van der Waals surface area (Å²) in [6, 6.07) is 3.42. The van der Waals surface area contributed by atoms with Gasteiger partial charge in [-0.1, -0.05) is 0 Å². The van der Waals surface area contributed by atoms with Gasteiger partial charge in [-0.05, 0) is 34.3 Å². The van der Waals surface area contributed by atoms with Crippen LogP contribution in [0.4, 0.5) is 4.39 Å². The van der Waals surface area contributed by atoms with E-state index in [2.05, 4.69) is 15.9 Å². The summed E-state index contributed by atoms with van der Waals surface area (Å²) in [5, 5.41) is 8.88. The molecule has 0 amide bonds. The van der Waals surface area contributed by atoms with Crippen molar-refractivity contribution in [3.8, 4) is 0 Å². The topological polar surface area (TPSA) is 20.2 Å². The molecule has 1 aromatic rings. The van der Waals surface area contributed by atoms with Crippen LogP contribution in [0.25, 0.3) is 0 Å². The van der Waals surface area contributed by atoms with E-state index in [4.69, 9.17) is 5.11 Å². The Balaban J connectivity index is 3.25. The van der Waals surface area contributed by atoms with Crippen LogP contribution in [0, 0.1) is 5.82 Å². The number of halogens is 2. The van der Waals surface area contributed by atoms with Crippen LogP contribution in [-0.4, -0.2) is 11.4 Å². The van der Waals surface area contributed by atoms with E-state index in [0.717, 1.165) is 4.90 Å². The summed E-state index contributed by atoms with van der Waals surface area (Å²) in [5.41, 5.74) is 0.358. The van der Waals surface area contributed by atoms with E-state index >= 15 is 0 Å². The molecule has 0 aliphatic carbocycles. The minimum Gasteiger partial charge on any atom is -0.392 e. The van der Waals surface area contributed by atoms with Crippen molar-refractivity contribution < 1.29 is 9.50 Å². The molecule has 66 valence electrons. The lowest BCUT2D eigenvalue weighted by atomic mass is 10.2. The second-order valence-corrected chi connectivity index (χ2v) is 3.90. The maximum Gasteiger partial charge on any atom is 0.143 e. The quantitative estimate of drug-likeness (QED) is 0.815. The Morgan fingerprint density at radius 1 is 1.58 bits per heavy atom. The van der Waals surface area contributed by atoms with E-state index in [-0.39, 0.29) is 12.4 Å². The van der Waals surface area contributed by atoms with Gasteiger partial charge in [0.15, 0.2) is 0 Å². The third-order valence-electron chi connectivity index (χ3n) is 1.53. The maximum atomic E-state index is 13.2. The predicted molar refractivity (Wildman–Crippen MR) is 51.8 cm³/mol. The van der Waals surface area contributed by atoms with Crippen molar-refractivity contribution in [3.05, 3.63) is 28.0 Å². The van der Waals surface area contributed by atoms with Gasteiger partial charge in [-0.25, -0.2) is 4.39 Å². The Labute approximate surface area is 83.1 Å². The number of aliphatic hydroxyl groups is 1. The lowest BCUT2D eigenvalue weighted by Gasteiger charge is -2.06. The van der Waals surface area contributed by atoms with Gasteiger partial charge >= 0.3 is 0 Å². The number of hydrogen-bond acceptors (Lipinski definition) is 2. The molecular weight excluding hydrogens is 243 g/mol. The fourth-order valence-electron chi connectivity index (χ4n) is 0.913. The molecule has 0 bridgehead atoms. The first-order valence-electron chi connectivity index (χ1n) is 3.32. The summed E-state index contributed by atoms with van der Waals surface area (Å²) in [7, 11) is 0. The van der Waals surface area contributed by atoms with Crippen LogP contribution in [-0.2, 0) is 6.61 Å². The van der Waals surface area contributed by atoms with Gasteiger partial charge in [-0.15, -0.1) is 11.8 Å². The van der Waals surface area contributed by atoms with Gasteiger partial charge in [0.05, 0.1) is 11.1 Å². The fraction of sp³-hybridized carbons (Fsp3) is 0.250. The molecule has 1 N–H and O–H groups in total. The lowest BCUT2D eigenvalue weighted by Crippen LogP contribution is -1.93. The molecule has 0 spiro atoms. The molecule has 0 aromatic heterocycles. The van der Waals surface area contributed by atoms with Crippen LogP contribution in [0.3, 0.4) is 0 Å². The largest absolute Gasteiger partial charge is 0.392 e. The van der Waals surface area contributed by atoms with Crippen molar-refractivity contribution in [2.75, 3.05) is 6.26 Å². The fourth-order valence-corrected chi connectivity index (χ4v) is 1.89. The van der Waals surface area contributed by atoms with Gasteiger partial charge in [0, 0.05) is 10.5 Å². The molecule has 0 aliphatic heterocycles. The molecule has 0 saturated heterocycles. The Morgan fingerprint density at radius 2 is 2.25 bits per heavy atom. The van der Waals surface area contributed by atoms with Crippen LogP contribution in [0.5, 0.6) is 0 Å². The molecule has 0 aliphatic rings. The Hall–Kier alpha value is -0.0600. The van der Waals surface area contributed by atoms with E-state index in [1.165, 1.54) is 11.8 Å². The zero-order valence-corrected chi connectivity index (χ0v) is 8.88. The lowest BCUT2D eigenvalue weighted by molar-refractivity contribution is 0.272. The smallest absolute Gasteiger partial charge is 0.143 e. The van der Waals surface area contributed by atoms with Gasteiger partial charge in [-0.2, -0.15) is 0 Å². The van der Waals surface area contributed by atoms with Crippen LogP contribution in [0.1, 0.15) is 5.56 Å². The van der Waals surface area contributed by atoms with Crippen LogP contribution < -0.4 is 0 Å². The first-order valence-corrected chi connectivity index (χ1v) is 5.34. The second-order valence-electron chi connectivity index (χ2n) is 2.20. The van der Waals surface area contributed by atoms with E-state index in [9.17, 15) is 4.39 Å². The van der Waals surface area contributed by atoms with Crippen molar-refractivity contribution in [1.29, 1.82) is 0 Å². The zero-order chi connectivity index (χ0) is 9.14. The monoisotopic (exact) mass is 250 g/mol. The van der Waals surface area contributed by atoms with E-state index in [1.807, 2.05) is 6.26 Å². The third-order valence-corrected chi connectivity index (χ3v) is 2.97. The minimum absolute atomic E-state index is 0.262. The first kappa shape index (κ1) is 10.0. The summed E-state index contributed by atoms with van der Waals surface area (Å²) in [6.45, 7) is -0.262. The molecule has 0 heterocycles. The standard InChI is InChI=1S/C8H8BrFOS/c1-12-7-3-2-6(9)8(10)5(7)4-11/h2-3,11H,4H2,1H3. The van der Waals surface area contributed by atoms with Crippen molar-refractivity contribution in [1.82, 2.24) is 0 Å². The van der Waals surface area contributed by atoms with Gasteiger partial charge < -0.3 is 5.11 Å². The number of hydrogen-bond donors (Lipinski definition) is 1. The highest BCUT2D eigenvalue weighted by Crippen LogP contribution is 2.27. The molecule has 0 saturated carbocycles. The molecule has 0 unspecified atom stereocenters. The summed E-state index contributed by atoms with van der Waals surface area (Å²) >= 11 is 4.48. The van der Waals surface area contributed by atoms with E-state index in [0.29, 0.717) is 10.0 Å². The second kappa shape index (κ2) is 4.25. The van der Waals surface area contributed by atoms with Crippen molar-refractivity contribution in [2.45, 2.75) is 11.5 Å². The Morgan fingerprint density at radius 3 is 2.75 bits per heavy atom. The Kier molecular flexibility index (Phi) is 3.55. The first-order chi connectivity index (χ1) is 5.70. The molecule has 0 fully saturated rings. The van der Waals surface area contributed by atoms with Crippen molar-refractivity contribution >= 4 is 27.7 Å². The molecule has 1 aromatic carbocycles. The molecule has 12 heavy (non-hydrogen) atoms. The highest BCUT2D eigenvalue weighted by atomic mass is 79.9. The van der Waals surface area contributed by atoms with Gasteiger partial charge in [0.25, 0.3) is 0 Å². The highest BCUT2D eigenvalue weighted by Gasteiger charge is 2.09. The van der Waals surface area contributed by atoms with Gasteiger partial charge in [0.1, 0.15) is 5.82 Å². The molecule has 1 nitrogen and oxygen atoms in total. The molecular formula is C8H8BrFOS. The number of thioether (sulfide) groups is 1. The summed E-state index contributed by atoms with van der Waals surface area (Å²) in [4.78, 5) is 0.776. The number of rotatable bonds is 2. The van der Waals surface area contributed by atoms with Crippen LogP contribution >= 0.6 is 27.7 Å². The van der Waals surface area contributed by atoms with Crippen molar-refractivity contribution in [2.24, 2.45) is 0 Å². The molecule has 0 atom stereocenters. The molecule has 0 radical (unpaired) electrons. The van der Waals surface area contributed by atoms with Crippen molar-refractivity contribution in [3.63, 3.8) is 0 Å². The molecule has 4 heteroatoms. The normalized spacial score (nSPS) is 10.3. The van der Waals surface area contributed by atoms with Crippen LogP contribution in [0.2, 0.25) is 0 Å². The van der Waals surface area contributed by atoms with Gasteiger partial charge in [-0.3, -0.25) is 0 Å². The van der Waals surface area contributed by atoms with E-state index < -0.39 is 0 Å². The average molecular weight is 251 g/mol. The van der Waals surface area contributed by atoms with Gasteiger partial charge in [0.2, 0.25) is 0 Å². The summed E-state index contributed by atoms with van der Waals surface area (Å²) in [6.07, 6.45) is 1.85. The predicted octanol–water partition coefficient (Wildman–Crippen LogP) is 2.80. The third kappa shape index (κ3) is 1.81. The molecule has 1 rings (SSSR count). The Bertz CT molecular complexity index is 291. The van der Waals surface area contributed by atoms with Crippen LogP contribution in [0.15, 0.2) is 21.5 Å². The number of benzene rings is 1. The summed E-state index contributed by atoms with van der Waals surface area (Å²) in [5.74, 6) is -0.371. The maximum absolute atomic E-state index is 13.2. The highest BCUT2D eigenvalue weighted by molar-refractivity contribution is 9.10.